The molecule has 2 heterocycles. The highest BCUT2D eigenvalue weighted by molar-refractivity contribution is 5.92. The normalized spacial score (nSPS) is 17.8. The van der Waals surface area contributed by atoms with Crippen molar-refractivity contribution in [1.29, 1.82) is 0 Å². The van der Waals surface area contributed by atoms with E-state index in [1.807, 2.05) is 0 Å². The molecule has 18 heavy (non-hydrogen) atoms. The summed E-state index contributed by atoms with van der Waals surface area (Å²) in [6.45, 7) is 0. The Morgan fingerprint density at radius 2 is 2.06 bits per heavy atom. The maximum absolute atomic E-state index is 5.87. The molecule has 0 saturated heterocycles. The Kier molecular flexibility index (Phi) is 2.96. The van der Waals surface area contributed by atoms with Crippen molar-refractivity contribution in [2.24, 2.45) is 5.92 Å². The van der Waals surface area contributed by atoms with Gasteiger partial charge >= 0.3 is 0 Å². The summed E-state index contributed by atoms with van der Waals surface area (Å²) in [5.74, 6) is 1.17. The zero-order chi connectivity index (χ0) is 12.4. The van der Waals surface area contributed by atoms with E-state index in [4.69, 9.17) is 5.73 Å². The first kappa shape index (κ1) is 11.2. The monoisotopic (exact) mass is 243 g/mol. The van der Waals surface area contributed by atoms with E-state index in [-0.39, 0.29) is 0 Å². The molecule has 0 unspecified atom stereocenters. The molecule has 94 valence electrons. The number of nitrogen functional groups attached to an aromatic ring is 1. The summed E-state index contributed by atoms with van der Waals surface area (Å²) in [6, 6.07) is 0. The van der Waals surface area contributed by atoms with Crippen LogP contribution < -0.4 is 5.73 Å². The van der Waals surface area contributed by atoms with Gasteiger partial charge in [-0.15, -0.1) is 0 Å². The largest absolute Gasteiger partial charge is 0.383 e. The summed E-state index contributed by atoms with van der Waals surface area (Å²) in [7, 11) is 0. The fourth-order valence-corrected chi connectivity index (χ4v) is 2.58. The van der Waals surface area contributed by atoms with Crippen LogP contribution in [0.1, 0.15) is 37.8 Å². The van der Waals surface area contributed by atoms with Crippen molar-refractivity contribution in [3.05, 3.63) is 18.1 Å². The molecule has 0 radical (unpaired) electrons. The molecular formula is C13H17N5. The lowest BCUT2D eigenvalue weighted by molar-refractivity contribution is 0.420. The lowest BCUT2D eigenvalue weighted by Gasteiger charge is -2.17. The third-order valence-corrected chi connectivity index (χ3v) is 3.59. The van der Waals surface area contributed by atoms with Crippen LogP contribution in [0.3, 0.4) is 0 Å². The summed E-state index contributed by atoms with van der Waals surface area (Å²) >= 11 is 0. The molecule has 2 aromatic heterocycles. The Hall–Kier alpha value is -1.91. The highest BCUT2D eigenvalue weighted by Gasteiger charge is 2.11. The van der Waals surface area contributed by atoms with E-state index >= 15 is 0 Å². The van der Waals surface area contributed by atoms with E-state index in [0.717, 1.165) is 11.1 Å². The third-order valence-electron chi connectivity index (χ3n) is 3.59. The van der Waals surface area contributed by atoms with Crippen LogP contribution in [0.5, 0.6) is 0 Å². The molecule has 1 aliphatic carbocycles. The average Bonchev–Trinajstić information content (AvgIpc) is 2.82. The maximum Gasteiger partial charge on any atom is 0.186 e. The van der Waals surface area contributed by atoms with E-state index in [9.17, 15) is 0 Å². The van der Waals surface area contributed by atoms with Gasteiger partial charge < -0.3 is 5.73 Å². The van der Waals surface area contributed by atoms with Crippen molar-refractivity contribution in [2.45, 2.75) is 32.1 Å². The number of aromatic amines is 1. The molecule has 1 aliphatic rings. The van der Waals surface area contributed by atoms with Gasteiger partial charge in [-0.3, -0.25) is 5.10 Å². The van der Waals surface area contributed by atoms with Crippen LogP contribution in [0.4, 0.5) is 5.82 Å². The van der Waals surface area contributed by atoms with Crippen molar-refractivity contribution in [1.82, 2.24) is 20.2 Å². The topological polar surface area (TPSA) is 80.5 Å². The summed E-state index contributed by atoms with van der Waals surface area (Å²) in [4.78, 5) is 8.10. The summed E-state index contributed by atoms with van der Waals surface area (Å²) in [6.07, 6.45) is 12.4. The van der Waals surface area contributed by atoms with Gasteiger partial charge in [0.2, 0.25) is 0 Å². The Morgan fingerprint density at radius 1 is 1.22 bits per heavy atom. The smallest absolute Gasteiger partial charge is 0.186 e. The fraction of sp³-hybridized carbons (Fsp3) is 0.462. The first-order valence-corrected chi connectivity index (χ1v) is 6.47. The molecule has 3 N–H and O–H groups in total. The maximum atomic E-state index is 5.87. The number of anilines is 1. The number of allylic oxidation sites excluding steroid dienone is 1. The van der Waals surface area contributed by atoms with Crippen molar-refractivity contribution in [2.75, 3.05) is 5.73 Å². The van der Waals surface area contributed by atoms with E-state index in [2.05, 4.69) is 32.3 Å². The van der Waals surface area contributed by atoms with Gasteiger partial charge in [0.1, 0.15) is 12.1 Å². The molecule has 2 aromatic rings. The molecule has 0 aromatic carbocycles. The lowest BCUT2D eigenvalue weighted by atomic mass is 9.89. The van der Waals surface area contributed by atoms with Crippen LogP contribution >= 0.6 is 0 Å². The molecule has 5 nitrogen and oxygen atoms in total. The van der Waals surface area contributed by atoms with Crippen molar-refractivity contribution in [3.63, 3.8) is 0 Å². The minimum Gasteiger partial charge on any atom is -0.383 e. The number of nitrogens with two attached hydrogens (primary N) is 1. The third kappa shape index (κ3) is 2.08. The minimum absolute atomic E-state index is 0.483. The SMILES string of the molecule is Nc1ncnc2n[nH]c(C=CC3CCCCC3)c12. The number of hydrogen-bond donors (Lipinski definition) is 2. The Bertz CT molecular complexity index is 566. The van der Waals surface area contributed by atoms with Crippen LogP contribution in [0.25, 0.3) is 17.1 Å². The van der Waals surface area contributed by atoms with E-state index in [0.29, 0.717) is 17.4 Å². The molecule has 0 amide bonds. The van der Waals surface area contributed by atoms with Gasteiger partial charge in [-0.2, -0.15) is 5.10 Å². The average molecular weight is 243 g/mol. The lowest BCUT2D eigenvalue weighted by Crippen LogP contribution is -2.02. The number of aromatic nitrogens is 4. The first-order valence-electron chi connectivity index (χ1n) is 6.47. The number of rotatable bonds is 2. The molecule has 5 heteroatoms. The van der Waals surface area contributed by atoms with Crippen LogP contribution in [0.15, 0.2) is 12.4 Å². The Morgan fingerprint density at radius 3 is 2.89 bits per heavy atom. The zero-order valence-corrected chi connectivity index (χ0v) is 10.3. The first-order chi connectivity index (χ1) is 8.84. The van der Waals surface area contributed by atoms with Crippen LogP contribution in [-0.4, -0.2) is 20.2 Å². The number of nitrogens with one attached hydrogen (secondary N) is 1. The molecule has 0 bridgehead atoms. The van der Waals surface area contributed by atoms with Gasteiger partial charge in [0, 0.05) is 0 Å². The van der Waals surface area contributed by atoms with Gasteiger partial charge in [0.15, 0.2) is 5.65 Å². The molecular weight excluding hydrogens is 226 g/mol. The van der Waals surface area contributed by atoms with Crippen LogP contribution in [0.2, 0.25) is 0 Å². The predicted octanol–water partition coefficient (Wildman–Crippen LogP) is 2.53. The Labute approximate surface area is 106 Å². The fourth-order valence-electron chi connectivity index (χ4n) is 2.58. The van der Waals surface area contributed by atoms with E-state index in [1.54, 1.807) is 0 Å². The van der Waals surface area contributed by atoms with Gasteiger partial charge in [0.25, 0.3) is 0 Å². The quantitative estimate of drug-likeness (QED) is 0.849. The molecule has 0 spiro atoms. The highest BCUT2D eigenvalue weighted by atomic mass is 15.2. The van der Waals surface area contributed by atoms with Crippen molar-refractivity contribution in [3.8, 4) is 0 Å². The van der Waals surface area contributed by atoms with Gasteiger partial charge in [-0.25, -0.2) is 9.97 Å². The van der Waals surface area contributed by atoms with E-state index in [1.165, 1.54) is 38.4 Å². The van der Waals surface area contributed by atoms with Gasteiger partial charge in [-0.1, -0.05) is 25.3 Å². The molecule has 1 fully saturated rings. The second-order valence-electron chi connectivity index (χ2n) is 4.85. The Balaban J connectivity index is 1.88. The van der Waals surface area contributed by atoms with Crippen LogP contribution in [0, 0.1) is 5.92 Å². The van der Waals surface area contributed by atoms with Crippen molar-refractivity contribution < 1.29 is 0 Å². The van der Waals surface area contributed by atoms with Gasteiger partial charge in [-0.05, 0) is 24.8 Å². The molecule has 0 aliphatic heterocycles. The highest BCUT2D eigenvalue weighted by Crippen LogP contribution is 2.26. The summed E-state index contributed by atoms with van der Waals surface area (Å²) in [5.41, 5.74) is 7.41. The number of H-pyrrole nitrogens is 1. The van der Waals surface area contributed by atoms with Gasteiger partial charge in [0.05, 0.1) is 11.1 Å². The number of hydrogen-bond acceptors (Lipinski definition) is 4. The number of fused-ring (bicyclic) bond motifs is 1. The zero-order valence-electron chi connectivity index (χ0n) is 10.3. The van der Waals surface area contributed by atoms with Crippen LogP contribution in [-0.2, 0) is 0 Å². The predicted molar refractivity (Wildman–Crippen MR) is 71.7 cm³/mol. The second-order valence-corrected chi connectivity index (χ2v) is 4.85. The van der Waals surface area contributed by atoms with Crippen molar-refractivity contribution >= 4 is 22.9 Å². The molecule has 3 rings (SSSR count). The summed E-state index contributed by atoms with van der Waals surface area (Å²) in [5, 5.41) is 7.93. The second kappa shape index (κ2) is 4.76. The van der Waals surface area contributed by atoms with E-state index < -0.39 is 0 Å². The molecule has 0 atom stereocenters. The molecule has 1 saturated carbocycles. The number of nitrogens with zero attached hydrogens (tertiary/aromatic N) is 3. The minimum atomic E-state index is 0.483. The standard InChI is InChI=1S/C13H17N5/c14-12-11-10(17-18-13(11)16-8-15-12)7-6-9-4-2-1-3-5-9/h6-9H,1-5H2,(H3,14,15,16,17,18). The summed E-state index contributed by atoms with van der Waals surface area (Å²) < 4.78 is 0.